The summed E-state index contributed by atoms with van der Waals surface area (Å²) in [5.41, 5.74) is 5.25. The maximum atomic E-state index is 6.07. The van der Waals surface area contributed by atoms with E-state index in [4.69, 9.17) is 9.47 Å². The molecule has 0 saturated heterocycles. The van der Waals surface area contributed by atoms with Crippen LogP contribution in [0.4, 0.5) is 0 Å². The van der Waals surface area contributed by atoms with Crippen molar-refractivity contribution in [2.75, 3.05) is 7.11 Å². The molecule has 0 bridgehead atoms. The number of ether oxygens (including phenoxy) is 2. The molecule has 0 aliphatic carbocycles. The van der Waals surface area contributed by atoms with Crippen LogP contribution < -0.4 is 4.74 Å². The normalized spacial score (nSPS) is 11.7. The summed E-state index contributed by atoms with van der Waals surface area (Å²) in [6.07, 6.45) is 2.72. The molecule has 0 fully saturated rings. The first kappa shape index (κ1) is 16.0. The zero-order valence-electron chi connectivity index (χ0n) is 13.4. The number of benzene rings is 1. The molecule has 0 atom stereocenters. The van der Waals surface area contributed by atoms with Gasteiger partial charge in [-0.05, 0) is 44.4 Å². The van der Waals surface area contributed by atoms with Crippen molar-refractivity contribution in [1.29, 1.82) is 0 Å². The Labute approximate surface area is 130 Å². The van der Waals surface area contributed by atoms with Gasteiger partial charge in [-0.25, -0.2) is 0 Å². The zero-order chi connectivity index (χ0) is 15.5. The molecule has 0 aliphatic heterocycles. The Morgan fingerprint density at radius 3 is 2.62 bits per heavy atom. The summed E-state index contributed by atoms with van der Waals surface area (Å²) in [6, 6.07) is 4.28. The monoisotopic (exact) mass is 305 g/mol. The minimum Gasteiger partial charge on any atom is -0.496 e. The third-order valence-electron chi connectivity index (χ3n) is 3.62. The minimum atomic E-state index is -0.227. The molecular formula is C17H23NO2S. The van der Waals surface area contributed by atoms with Crippen molar-refractivity contribution in [2.24, 2.45) is 0 Å². The van der Waals surface area contributed by atoms with Crippen LogP contribution in [0.5, 0.6) is 5.75 Å². The van der Waals surface area contributed by atoms with E-state index in [1.807, 2.05) is 11.7 Å². The predicted octanol–water partition coefficient (Wildman–Crippen LogP) is 4.31. The summed E-state index contributed by atoms with van der Waals surface area (Å²) in [5, 5.41) is 0. The van der Waals surface area contributed by atoms with Gasteiger partial charge in [-0.15, -0.1) is 11.3 Å². The average molecular weight is 305 g/mol. The van der Waals surface area contributed by atoms with E-state index in [0.29, 0.717) is 6.61 Å². The van der Waals surface area contributed by atoms with Gasteiger partial charge < -0.3 is 9.47 Å². The highest BCUT2D eigenvalue weighted by Crippen LogP contribution is 2.29. The fraction of sp³-hybridized carbons (Fsp3) is 0.471. The summed E-state index contributed by atoms with van der Waals surface area (Å²) in [6.45, 7) is 9.04. The smallest absolute Gasteiger partial charge is 0.124 e. The van der Waals surface area contributed by atoms with E-state index in [1.54, 1.807) is 18.4 Å². The summed E-state index contributed by atoms with van der Waals surface area (Å²) in [5.74, 6) is 0.978. The Balaban J connectivity index is 2.09. The van der Waals surface area contributed by atoms with E-state index in [2.05, 4.69) is 44.8 Å². The second-order valence-corrected chi connectivity index (χ2v) is 6.86. The van der Waals surface area contributed by atoms with E-state index in [-0.39, 0.29) is 5.60 Å². The molecule has 1 heterocycles. The van der Waals surface area contributed by atoms with Gasteiger partial charge in [-0.3, -0.25) is 4.98 Å². The van der Waals surface area contributed by atoms with Crippen LogP contribution in [-0.2, 0) is 17.8 Å². The van der Waals surface area contributed by atoms with Crippen LogP contribution in [0.2, 0.25) is 0 Å². The summed E-state index contributed by atoms with van der Waals surface area (Å²) < 4.78 is 11.6. The van der Waals surface area contributed by atoms with Crippen molar-refractivity contribution in [2.45, 2.75) is 46.3 Å². The third-order valence-corrected chi connectivity index (χ3v) is 4.38. The maximum absolute atomic E-state index is 6.07. The first-order valence-corrected chi connectivity index (χ1v) is 7.95. The molecule has 1 aromatic carbocycles. The second-order valence-electron chi connectivity index (χ2n) is 5.89. The molecule has 21 heavy (non-hydrogen) atoms. The molecule has 0 unspecified atom stereocenters. The zero-order valence-corrected chi connectivity index (χ0v) is 14.2. The van der Waals surface area contributed by atoms with Crippen molar-refractivity contribution in [3.63, 3.8) is 0 Å². The summed E-state index contributed by atoms with van der Waals surface area (Å²) in [7, 11) is 1.73. The lowest BCUT2D eigenvalue weighted by molar-refractivity contribution is -0.0276. The van der Waals surface area contributed by atoms with Gasteiger partial charge in [0.25, 0.3) is 0 Å². The Bertz CT molecular complexity index is 591. The number of hydrogen-bond acceptors (Lipinski definition) is 4. The van der Waals surface area contributed by atoms with Crippen molar-refractivity contribution >= 4 is 11.3 Å². The Morgan fingerprint density at radius 2 is 2.00 bits per heavy atom. The second kappa shape index (κ2) is 6.58. The van der Waals surface area contributed by atoms with Crippen LogP contribution >= 0.6 is 11.3 Å². The van der Waals surface area contributed by atoms with E-state index in [0.717, 1.165) is 17.0 Å². The van der Waals surface area contributed by atoms with Crippen LogP contribution in [0.25, 0.3) is 0 Å². The topological polar surface area (TPSA) is 31.4 Å². The first-order valence-electron chi connectivity index (χ1n) is 7.07. The molecule has 0 N–H and O–H groups in total. The Hall–Kier alpha value is -1.39. The lowest BCUT2D eigenvalue weighted by Crippen LogP contribution is -2.27. The highest BCUT2D eigenvalue weighted by atomic mass is 32.1. The van der Waals surface area contributed by atoms with Gasteiger partial charge in [0.1, 0.15) is 5.75 Å². The molecule has 114 valence electrons. The molecule has 1 aromatic heterocycles. The maximum Gasteiger partial charge on any atom is 0.124 e. The third kappa shape index (κ3) is 4.05. The first-order chi connectivity index (χ1) is 9.93. The summed E-state index contributed by atoms with van der Waals surface area (Å²) >= 11 is 1.62. The fourth-order valence-electron chi connectivity index (χ4n) is 2.46. The summed E-state index contributed by atoms with van der Waals surface area (Å²) in [4.78, 5) is 5.23. The fourth-order valence-corrected chi connectivity index (χ4v) is 2.97. The highest BCUT2D eigenvalue weighted by Gasteiger charge is 2.22. The number of aryl methyl sites for hydroxylation is 1. The number of rotatable bonds is 6. The predicted molar refractivity (Wildman–Crippen MR) is 87.2 cm³/mol. The van der Waals surface area contributed by atoms with Gasteiger partial charge in [0.05, 0.1) is 29.7 Å². The molecule has 0 aliphatic rings. The van der Waals surface area contributed by atoms with Crippen molar-refractivity contribution in [3.05, 3.63) is 45.4 Å². The molecule has 0 saturated carbocycles. The lowest BCUT2D eigenvalue weighted by atomic mass is 9.93. The van der Waals surface area contributed by atoms with Gasteiger partial charge in [0.15, 0.2) is 0 Å². The molecule has 0 amide bonds. The quantitative estimate of drug-likeness (QED) is 0.797. The molecule has 0 spiro atoms. The van der Waals surface area contributed by atoms with Gasteiger partial charge in [-0.2, -0.15) is 0 Å². The van der Waals surface area contributed by atoms with Crippen LogP contribution in [0, 0.1) is 13.8 Å². The molecule has 0 radical (unpaired) electrons. The highest BCUT2D eigenvalue weighted by molar-refractivity contribution is 7.09. The van der Waals surface area contributed by atoms with Crippen molar-refractivity contribution in [1.82, 2.24) is 4.98 Å². The van der Waals surface area contributed by atoms with Crippen LogP contribution in [0.1, 0.15) is 35.4 Å². The number of nitrogens with zero attached hydrogens (tertiary/aromatic N) is 1. The van der Waals surface area contributed by atoms with E-state index < -0.39 is 0 Å². The molecule has 4 heteroatoms. The van der Waals surface area contributed by atoms with Crippen LogP contribution in [0.15, 0.2) is 23.8 Å². The average Bonchev–Trinajstić information content (AvgIpc) is 2.94. The molecule has 2 aromatic rings. The SMILES string of the molecule is COc1c(C)ccc(CC(C)(C)OCc2cncs2)c1C. The molecular weight excluding hydrogens is 282 g/mol. The van der Waals surface area contributed by atoms with Crippen LogP contribution in [-0.4, -0.2) is 17.7 Å². The van der Waals surface area contributed by atoms with Crippen molar-refractivity contribution in [3.8, 4) is 5.75 Å². The van der Waals surface area contributed by atoms with E-state index >= 15 is 0 Å². The number of thiazole rings is 1. The van der Waals surface area contributed by atoms with Gasteiger partial charge in [-0.1, -0.05) is 12.1 Å². The minimum absolute atomic E-state index is 0.227. The van der Waals surface area contributed by atoms with Gasteiger partial charge in [0, 0.05) is 12.6 Å². The number of hydrogen-bond donors (Lipinski definition) is 0. The largest absolute Gasteiger partial charge is 0.496 e. The van der Waals surface area contributed by atoms with Gasteiger partial charge >= 0.3 is 0 Å². The van der Waals surface area contributed by atoms with E-state index in [9.17, 15) is 0 Å². The Kier molecular flexibility index (Phi) is 5.01. The number of methoxy groups -OCH3 is 1. The molecule has 3 nitrogen and oxygen atoms in total. The van der Waals surface area contributed by atoms with Gasteiger partial charge in [0.2, 0.25) is 0 Å². The lowest BCUT2D eigenvalue weighted by Gasteiger charge is -2.26. The standard InChI is InChI=1S/C17H23NO2S/c1-12-6-7-14(13(2)16(12)19-5)8-17(3,4)20-10-15-9-18-11-21-15/h6-7,9,11H,8,10H2,1-5H3. The van der Waals surface area contributed by atoms with Crippen molar-refractivity contribution < 1.29 is 9.47 Å². The van der Waals surface area contributed by atoms with E-state index in [1.165, 1.54) is 16.7 Å². The number of aromatic nitrogens is 1. The van der Waals surface area contributed by atoms with Crippen LogP contribution in [0.3, 0.4) is 0 Å². The Morgan fingerprint density at radius 1 is 1.24 bits per heavy atom. The molecule has 2 rings (SSSR count).